The van der Waals surface area contributed by atoms with Crippen LogP contribution in [0, 0.1) is 0 Å². The lowest BCUT2D eigenvalue weighted by Gasteiger charge is -2.07. The maximum atomic E-state index is 12.7. The van der Waals surface area contributed by atoms with Gasteiger partial charge in [-0.3, -0.25) is 9.48 Å². The van der Waals surface area contributed by atoms with Gasteiger partial charge in [-0.25, -0.2) is 0 Å². The molecule has 1 heterocycles. The van der Waals surface area contributed by atoms with Crippen molar-refractivity contribution in [1.29, 1.82) is 0 Å². The van der Waals surface area contributed by atoms with Gasteiger partial charge >= 0.3 is 6.18 Å². The van der Waals surface area contributed by atoms with E-state index in [0.29, 0.717) is 17.7 Å². The second kappa shape index (κ2) is 5.99. The first kappa shape index (κ1) is 15.1. The largest absolute Gasteiger partial charge is 0.416 e. The van der Waals surface area contributed by atoms with Gasteiger partial charge in [-0.1, -0.05) is 12.1 Å². The molecule has 0 saturated heterocycles. The molecule has 0 aliphatic heterocycles. The first-order valence-corrected chi connectivity index (χ1v) is 6.37. The van der Waals surface area contributed by atoms with Crippen LogP contribution in [0.1, 0.15) is 12.5 Å². The van der Waals surface area contributed by atoms with Crippen molar-refractivity contribution in [3.63, 3.8) is 0 Å². The normalized spacial score (nSPS) is 11.4. The molecule has 0 saturated carbocycles. The number of alkyl halides is 3. The van der Waals surface area contributed by atoms with E-state index in [-0.39, 0.29) is 12.5 Å². The number of aromatic nitrogens is 2. The van der Waals surface area contributed by atoms with Crippen LogP contribution in [0.5, 0.6) is 0 Å². The fourth-order valence-corrected chi connectivity index (χ4v) is 1.87. The molecule has 0 aliphatic carbocycles. The van der Waals surface area contributed by atoms with E-state index in [9.17, 15) is 18.0 Å². The standard InChI is InChI=1S/C14H14F3N3O/c1-2-18-13(21)9-20-8-11(7-19-20)10-4-3-5-12(6-10)14(15,16)17/h3-8H,2,9H2,1H3,(H,18,21). The van der Waals surface area contributed by atoms with Crippen molar-refractivity contribution in [3.05, 3.63) is 42.2 Å². The van der Waals surface area contributed by atoms with Crippen LogP contribution >= 0.6 is 0 Å². The van der Waals surface area contributed by atoms with Gasteiger partial charge in [0.05, 0.1) is 11.8 Å². The van der Waals surface area contributed by atoms with E-state index < -0.39 is 11.7 Å². The maximum absolute atomic E-state index is 12.7. The first-order chi connectivity index (χ1) is 9.90. The van der Waals surface area contributed by atoms with Crippen molar-refractivity contribution in [1.82, 2.24) is 15.1 Å². The third-order valence-electron chi connectivity index (χ3n) is 2.84. The zero-order valence-corrected chi connectivity index (χ0v) is 11.3. The van der Waals surface area contributed by atoms with E-state index in [1.807, 2.05) is 0 Å². The molecule has 21 heavy (non-hydrogen) atoms. The highest BCUT2D eigenvalue weighted by Gasteiger charge is 2.30. The zero-order valence-electron chi connectivity index (χ0n) is 11.3. The van der Waals surface area contributed by atoms with Crippen LogP contribution in [0.4, 0.5) is 13.2 Å². The van der Waals surface area contributed by atoms with Crippen LogP contribution in [-0.2, 0) is 17.5 Å². The Morgan fingerprint density at radius 2 is 2.10 bits per heavy atom. The molecule has 1 aromatic heterocycles. The van der Waals surface area contributed by atoms with E-state index in [4.69, 9.17) is 0 Å². The van der Waals surface area contributed by atoms with Gasteiger partial charge < -0.3 is 5.32 Å². The summed E-state index contributed by atoms with van der Waals surface area (Å²) in [7, 11) is 0. The Balaban J connectivity index is 2.20. The first-order valence-electron chi connectivity index (χ1n) is 6.37. The maximum Gasteiger partial charge on any atom is 0.416 e. The van der Waals surface area contributed by atoms with Gasteiger partial charge in [0.2, 0.25) is 5.91 Å². The molecule has 0 radical (unpaired) electrons. The predicted octanol–water partition coefficient (Wildman–Crippen LogP) is 2.71. The number of carbonyl (C=O) groups is 1. The summed E-state index contributed by atoms with van der Waals surface area (Å²) in [6, 6.07) is 5.00. The number of hydrogen-bond donors (Lipinski definition) is 1. The van der Waals surface area contributed by atoms with Crippen molar-refractivity contribution in [2.24, 2.45) is 0 Å². The molecule has 1 N–H and O–H groups in total. The molecule has 2 rings (SSSR count). The summed E-state index contributed by atoms with van der Waals surface area (Å²) in [4.78, 5) is 11.4. The second-order valence-electron chi connectivity index (χ2n) is 4.46. The lowest BCUT2D eigenvalue weighted by atomic mass is 10.1. The highest BCUT2D eigenvalue weighted by Crippen LogP contribution is 2.31. The summed E-state index contributed by atoms with van der Waals surface area (Å²) < 4.78 is 39.4. The van der Waals surface area contributed by atoms with Crippen LogP contribution in [0.15, 0.2) is 36.7 Å². The highest BCUT2D eigenvalue weighted by atomic mass is 19.4. The molecule has 0 spiro atoms. The fraction of sp³-hybridized carbons (Fsp3) is 0.286. The van der Waals surface area contributed by atoms with Gasteiger partial charge in [0.15, 0.2) is 0 Å². The summed E-state index contributed by atoms with van der Waals surface area (Å²) in [5.41, 5.74) is 0.230. The number of nitrogens with one attached hydrogen (secondary N) is 1. The Hall–Kier alpha value is -2.31. The van der Waals surface area contributed by atoms with Gasteiger partial charge in [-0.2, -0.15) is 18.3 Å². The van der Waals surface area contributed by atoms with Crippen molar-refractivity contribution in [2.75, 3.05) is 6.54 Å². The Morgan fingerprint density at radius 3 is 2.76 bits per heavy atom. The summed E-state index contributed by atoms with van der Waals surface area (Å²) in [6.07, 6.45) is -1.40. The number of halogens is 3. The highest BCUT2D eigenvalue weighted by molar-refractivity contribution is 5.75. The van der Waals surface area contributed by atoms with Crippen molar-refractivity contribution in [3.8, 4) is 11.1 Å². The molecule has 7 heteroatoms. The van der Waals surface area contributed by atoms with Gasteiger partial charge in [-0.15, -0.1) is 0 Å². The van der Waals surface area contributed by atoms with Gasteiger partial charge in [-0.05, 0) is 24.6 Å². The number of amides is 1. The zero-order chi connectivity index (χ0) is 15.5. The number of rotatable bonds is 4. The van der Waals surface area contributed by atoms with Crippen LogP contribution < -0.4 is 5.32 Å². The average Bonchev–Trinajstić information content (AvgIpc) is 2.86. The molecule has 0 aliphatic rings. The van der Waals surface area contributed by atoms with E-state index in [1.54, 1.807) is 19.2 Å². The molecule has 1 aromatic carbocycles. The number of nitrogens with zero attached hydrogens (tertiary/aromatic N) is 2. The van der Waals surface area contributed by atoms with Crippen molar-refractivity contribution in [2.45, 2.75) is 19.6 Å². The van der Waals surface area contributed by atoms with Crippen LogP contribution in [0.3, 0.4) is 0 Å². The molecular formula is C14H14F3N3O. The molecule has 0 atom stereocenters. The van der Waals surface area contributed by atoms with E-state index in [1.165, 1.54) is 16.9 Å². The van der Waals surface area contributed by atoms with E-state index >= 15 is 0 Å². The van der Waals surface area contributed by atoms with Crippen molar-refractivity contribution >= 4 is 5.91 Å². The van der Waals surface area contributed by atoms with Gasteiger partial charge in [0.25, 0.3) is 0 Å². The minimum absolute atomic E-state index is 0.0345. The lowest BCUT2D eigenvalue weighted by molar-refractivity contribution is -0.137. The Morgan fingerprint density at radius 1 is 1.33 bits per heavy atom. The minimum atomic E-state index is -4.38. The van der Waals surface area contributed by atoms with Crippen LogP contribution in [-0.4, -0.2) is 22.2 Å². The van der Waals surface area contributed by atoms with E-state index in [2.05, 4.69) is 10.4 Å². The van der Waals surface area contributed by atoms with Gasteiger partial charge in [0.1, 0.15) is 6.54 Å². The SMILES string of the molecule is CCNC(=O)Cn1cc(-c2cccc(C(F)(F)F)c2)cn1. The predicted molar refractivity (Wildman–Crippen MR) is 71.3 cm³/mol. The minimum Gasteiger partial charge on any atom is -0.355 e. The Labute approximate surface area is 119 Å². The molecule has 0 fully saturated rings. The quantitative estimate of drug-likeness (QED) is 0.943. The van der Waals surface area contributed by atoms with E-state index in [0.717, 1.165) is 12.1 Å². The lowest BCUT2D eigenvalue weighted by Crippen LogP contribution is -2.27. The number of likely N-dealkylation sites (N-methyl/N-ethyl adjacent to an activating group) is 1. The Bertz CT molecular complexity index is 634. The number of benzene rings is 1. The van der Waals surface area contributed by atoms with Crippen LogP contribution in [0.25, 0.3) is 11.1 Å². The third-order valence-corrected chi connectivity index (χ3v) is 2.84. The molecule has 112 valence electrons. The van der Waals surface area contributed by atoms with Crippen molar-refractivity contribution < 1.29 is 18.0 Å². The second-order valence-corrected chi connectivity index (χ2v) is 4.46. The summed E-state index contributed by atoms with van der Waals surface area (Å²) in [5.74, 6) is -0.198. The molecule has 4 nitrogen and oxygen atoms in total. The topological polar surface area (TPSA) is 46.9 Å². The summed E-state index contributed by atoms with van der Waals surface area (Å²) in [6.45, 7) is 2.35. The van der Waals surface area contributed by atoms with Gasteiger partial charge in [0, 0.05) is 18.3 Å². The average molecular weight is 297 g/mol. The molecule has 1 amide bonds. The summed E-state index contributed by atoms with van der Waals surface area (Å²) in [5, 5.41) is 6.60. The molecule has 2 aromatic rings. The molecule has 0 bridgehead atoms. The Kier molecular flexibility index (Phi) is 4.30. The van der Waals surface area contributed by atoms with Crippen LogP contribution in [0.2, 0.25) is 0 Å². The number of hydrogen-bond acceptors (Lipinski definition) is 2. The fourth-order valence-electron chi connectivity index (χ4n) is 1.87. The third kappa shape index (κ3) is 3.84. The smallest absolute Gasteiger partial charge is 0.355 e. The molecular weight excluding hydrogens is 283 g/mol. The molecule has 0 unspecified atom stereocenters. The summed E-state index contributed by atoms with van der Waals surface area (Å²) >= 11 is 0. The monoisotopic (exact) mass is 297 g/mol. The number of carbonyl (C=O) groups excluding carboxylic acids is 1.